The maximum Gasteiger partial charge on any atom is 0.417 e. The molecule has 4 aromatic rings. The molecule has 172 valence electrons. The molecule has 5 nitrogen and oxygen atoms in total. The molecule has 0 aliphatic heterocycles. The van der Waals surface area contributed by atoms with Crippen LogP contribution < -0.4 is 4.74 Å². The van der Waals surface area contributed by atoms with E-state index in [0.717, 1.165) is 35.8 Å². The van der Waals surface area contributed by atoms with Gasteiger partial charge < -0.3 is 14.9 Å². The van der Waals surface area contributed by atoms with Crippen molar-refractivity contribution in [2.24, 2.45) is 0 Å². The summed E-state index contributed by atoms with van der Waals surface area (Å²) in [7, 11) is 0. The van der Waals surface area contributed by atoms with E-state index >= 15 is 0 Å². The predicted octanol–water partition coefficient (Wildman–Crippen LogP) is 6.50. The molecule has 1 aromatic heterocycles. The third-order valence-corrected chi connectivity index (χ3v) is 6.07. The Morgan fingerprint density at radius 1 is 0.971 bits per heavy atom. The average molecular weight is 484 g/mol. The molecule has 0 aliphatic carbocycles. The third kappa shape index (κ3) is 4.65. The van der Waals surface area contributed by atoms with E-state index in [-0.39, 0.29) is 10.6 Å². The molecular formula is C25H15F3O5S. The van der Waals surface area contributed by atoms with E-state index in [1.165, 1.54) is 24.3 Å². The Morgan fingerprint density at radius 3 is 2.35 bits per heavy atom. The number of benzene rings is 3. The second-order valence-corrected chi connectivity index (χ2v) is 8.19. The molecule has 0 radical (unpaired) electrons. The molecule has 9 heteroatoms. The number of ether oxygens (including phenoxy) is 1. The number of thiophene rings is 1. The smallest absolute Gasteiger partial charge is 0.417 e. The van der Waals surface area contributed by atoms with Crippen LogP contribution in [0, 0.1) is 0 Å². The zero-order valence-electron chi connectivity index (χ0n) is 17.2. The number of aliphatic carboxylic acids is 1. The summed E-state index contributed by atoms with van der Waals surface area (Å²) in [6.45, 7) is 0. The quantitative estimate of drug-likeness (QED) is 0.185. The number of rotatable bonds is 6. The van der Waals surface area contributed by atoms with Gasteiger partial charge in [-0.1, -0.05) is 30.3 Å². The SMILES string of the molecule is O=C(O)/C=C/Oc1ccc(-c2c(C(=O)c3ccccc3C(F)(F)F)sc3cc(O)ccc23)cc1. The molecule has 1 heterocycles. The Hall–Kier alpha value is -4.11. The van der Waals surface area contributed by atoms with Crippen LogP contribution in [0.1, 0.15) is 20.8 Å². The first-order valence-electron chi connectivity index (χ1n) is 9.78. The molecule has 3 aromatic carbocycles. The van der Waals surface area contributed by atoms with E-state index in [1.54, 1.807) is 30.3 Å². The highest BCUT2D eigenvalue weighted by Crippen LogP contribution is 2.43. The van der Waals surface area contributed by atoms with Crippen molar-refractivity contribution in [1.29, 1.82) is 0 Å². The number of hydrogen-bond acceptors (Lipinski definition) is 5. The number of phenolic OH excluding ortho intramolecular Hbond substituents is 1. The minimum Gasteiger partial charge on any atom is -0.508 e. The number of hydrogen-bond donors (Lipinski definition) is 2. The van der Waals surface area contributed by atoms with Gasteiger partial charge in [0, 0.05) is 21.2 Å². The van der Waals surface area contributed by atoms with E-state index in [4.69, 9.17) is 9.84 Å². The van der Waals surface area contributed by atoms with Crippen molar-refractivity contribution in [2.75, 3.05) is 0 Å². The predicted molar refractivity (Wildman–Crippen MR) is 121 cm³/mol. The second kappa shape index (κ2) is 9.03. The van der Waals surface area contributed by atoms with Crippen LogP contribution in [-0.4, -0.2) is 22.0 Å². The lowest BCUT2D eigenvalue weighted by Crippen LogP contribution is -2.13. The van der Waals surface area contributed by atoms with E-state index < -0.39 is 29.1 Å². The van der Waals surface area contributed by atoms with Crippen LogP contribution >= 0.6 is 11.3 Å². The number of ketones is 1. The van der Waals surface area contributed by atoms with Gasteiger partial charge in [-0.15, -0.1) is 11.3 Å². The molecule has 0 fully saturated rings. The van der Waals surface area contributed by atoms with E-state index in [2.05, 4.69) is 0 Å². The van der Waals surface area contributed by atoms with Gasteiger partial charge in [0.15, 0.2) is 0 Å². The zero-order chi connectivity index (χ0) is 24.5. The van der Waals surface area contributed by atoms with Crippen molar-refractivity contribution in [3.8, 4) is 22.6 Å². The summed E-state index contributed by atoms with van der Waals surface area (Å²) in [4.78, 5) is 24.1. The Bertz CT molecular complexity index is 1420. The van der Waals surface area contributed by atoms with Gasteiger partial charge >= 0.3 is 12.1 Å². The number of alkyl halides is 3. The van der Waals surface area contributed by atoms with E-state index in [9.17, 15) is 27.9 Å². The van der Waals surface area contributed by atoms with Crippen molar-refractivity contribution in [3.63, 3.8) is 0 Å². The molecule has 0 atom stereocenters. The second-order valence-electron chi connectivity index (χ2n) is 7.14. The first-order chi connectivity index (χ1) is 16.1. The molecule has 0 amide bonds. The number of phenols is 1. The minimum absolute atomic E-state index is 0.0380. The molecule has 0 bridgehead atoms. The lowest BCUT2D eigenvalue weighted by molar-refractivity contribution is -0.138. The van der Waals surface area contributed by atoms with Crippen LogP contribution in [0.2, 0.25) is 0 Å². The summed E-state index contributed by atoms with van der Waals surface area (Å²) in [6, 6.07) is 15.4. The number of carboxylic acids is 1. The summed E-state index contributed by atoms with van der Waals surface area (Å²) < 4.78 is 46.4. The van der Waals surface area contributed by atoms with Gasteiger partial charge in [0.25, 0.3) is 0 Å². The summed E-state index contributed by atoms with van der Waals surface area (Å²) in [5, 5.41) is 19.1. The molecule has 34 heavy (non-hydrogen) atoms. The number of carbonyl (C=O) groups excluding carboxylic acids is 1. The van der Waals surface area contributed by atoms with Gasteiger partial charge in [0.2, 0.25) is 5.78 Å². The van der Waals surface area contributed by atoms with E-state index in [1.807, 2.05) is 0 Å². The van der Waals surface area contributed by atoms with Gasteiger partial charge in [0.1, 0.15) is 11.5 Å². The summed E-state index contributed by atoms with van der Waals surface area (Å²) in [6.07, 6.45) is -2.88. The van der Waals surface area contributed by atoms with Crippen molar-refractivity contribution in [2.45, 2.75) is 6.18 Å². The number of carboxylic acid groups (broad SMARTS) is 1. The maximum absolute atomic E-state index is 13.6. The Labute approximate surface area is 195 Å². The van der Waals surface area contributed by atoms with Crippen LogP contribution in [0.3, 0.4) is 0 Å². The Kier molecular flexibility index (Phi) is 6.12. The fraction of sp³-hybridized carbons (Fsp3) is 0.0400. The van der Waals surface area contributed by atoms with Crippen molar-refractivity contribution in [1.82, 2.24) is 0 Å². The topological polar surface area (TPSA) is 83.8 Å². The number of carbonyl (C=O) groups is 2. The van der Waals surface area contributed by atoms with Crippen LogP contribution in [0.25, 0.3) is 21.2 Å². The highest BCUT2D eigenvalue weighted by atomic mass is 32.1. The van der Waals surface area contributed by atoms with Gasteiger partial charge in [-0.3, -0.25) is 4.79 Å². The van der Waals surface area contributed by atoms with Crippen molar-refractivity contribution in [3.05, 3.63) is 95.1 Å². The summed E-state index contributed by atoms with van der Waals surface area (Å²) in [5.74, 6) is -1.67. The molecule has 2 N–H and O–H groups in total. The highest BCUT2D eigenvalue weighted by Gasteiger charge is 2.36. The van der Waals surface area contributed by atoms with E-state index in [0.29, 0.717) is 27.0 Å². The first kappa shape index (κ1) is 23.1. The lowest BCUT2D eigenvalue weighted by Gasteiger charge is -2.12. The average Bonchev–Trinajstić information content (AvgIpc) is 3.16. The van der Waals surface area contributed by atoms with Crippen LogP contribution in [0.4, 0.5) is 13.2 Å². The number of fused-ring (bicyclic) bond motifs is 1. The molecule has 0 unspecified atom stereocenters. The standard InChI is InChI=1S/C25H15F3O5S/c26-25(27,28)19-4-2-1-3-17(19)23(32)24-22(18-10-7-15(29)13-20(18)34-24)14-5-8-16(9-6-14)33-12-11-21(30)31/h1-13,29H,(H,30,31)/b12-11+. The van der Waals surface area contributed by atoms with Crippen LogP contribution in [0.5, 0.6) is 11.5 Å². The maximum atomic E-state index is 13.6. The van der Waals surface area contributed by atoms with Crippen LogP contribution in [-0.2, 0) is 11.0 Å². The number of halogens is 3. The molecule has 0 saturated heterocycles. The lowest BCUT2D eigenvalue weighted by atomic mass is 9.96. The van der Waals surface area contributed by atoms with Crippen molar-refractivity contribution < 1.29 is 37.7 Å². The molecule has 0 saturated carbocycles. The minimum atomic E-state index is -4.70. The summed E-state index contributed by atoms with van der Waals surface area (Å²) >= 11 is 0.992. The normalized spacial score (nSPS) is 11.7. The Balaban J connectivity index is 1.84. The Morgan fingerprint density at radius 2 is 1.68 bits per heavy atom. The zero-order valence-corrected chi connectivity index (χ0v) is 18.0. The number of aromatic hydroxyl groups is 1. The molecule has 0 aliphatic rings. The van der Waals surface area contributed by atoms with Gasteiger partial charge in [-0.05, 0) is 42.0 Å². The van der Waals surface area contributed by atoms with Gasteiger partial charge in [-0.2, -0.15) is 13.2 Å². The fourth-order valence-electron chi connectivity index (χ4n) is 3.45. The highest BCUT2D eigenvalue weighted by molar-refractivity contribution is 7.21. The van der Waals surface area contributed by atoms with Crippen LogP contribution in [0.15, 0.2) is 79.1 Å². The fourth-order valence-corrected chi connectivity index (χ4v) is 4.67. The van der Waals surface area contributed by atoms with Gasteiger partial charge in [0.05, 0.1) is 22.8 Å². The summed E-state index contributed by atoms with van der Waals surface area (Å²) in [5.41, 5.74) is -0.528. The first-order valence-corrected chi connectivity index (χ1v) is 10.6. The van der Waals surface area contributed by atoms with Crippen molar-refractivity contribution >= 4 is 33.2 Å². The molecule has 4 rings (SSSR count). The largest absolute Gasteiger partial charge is 0.508 e. The monoisotopic (exact) mass is 484 g/mol. The molecular weight excluding hydrogens is 469 g/mol. The van der Waals surface area contributed by atoms with Gasteiger partial charge in [-0.25, -0.2) is 4.79 Å². The molecule has 0 spiro atoms. The third-order valence-electron chi connectivity index (χ3n) is 4.91.